The Morgan fingerprint density at radius 3 is 2.48 bits per heavy atom. The van der Waals surface area contributed by atoms with Gasteiger partial charge in [0.25, 0.3) is 5.91 Å². The van der Waals surface area contributed by atoms with Crippen molar-refractivity contribution in [2.24, 2.45) is 0 Å². The molecular weight excluding hydrogens is 367 g/mol. The number of amides is 1. The van der Waals surface area contributed by atoms with Crippen LogP contribution in [0.5, 0.6) is 5.75 Å². The maximum absolute atomic E-state index is 13.1. The highest BCUT2D eigenvalue weighted by atomic mass is 19.1. The molecule has 4 nitrogen and oxygen atoms in total. The second kappa shape index (κ2) is 8.10. The first-order chi connectivity index (χ1) is 14.1. The second-order valence-electron chi connectivity index (χ2n) is 6.50. The van der Waals surface area contributed by atoms with Crippen LogP contribution in [0.15, 0.2) is 78.9 Å². The molecule has 0 aliphatic heterocycles. The second-order valence-corrected chi connectivity index (χ2v) is 6.50. The summed E-state index contributed by atoms with van der Waals surface area (Å²) in [6.45, 7) is 2.42. The van der Waals surface area contributed by atoms with Gasteiger partial charge >= 0.3 is 0 Å². The summed E-state index contributed by atoms with van der Waals surface area (Å²) >= 11 is 0. The van der Waals surface area contributed by atoms with Crippen LogP contribution >= 0.6 is 0 Å². The molecule has 3 aromatic carbocycles. The minimum absolute atomic E-state index is 0.284. The molecule has 0 fully saturated rings. The molecule has 5 heteroatoms. The molecule has 0 saturated carbocycles. The Morgan fingerprint density at radius 1 is 1.00 bits per heavy atom. The molecular formula is C24H19FN2O2. The summed E-state index contributed by atoms with van der Waals surface area (Å²) in [6, 6.07) is 22.7. The lowest BCUT2D eigenvalue weighted by atomic mass is 10.1. The number of hydrogen-bond donors (Lipinski definition) is 1. The molecule has 4 rings (SSSR count). The van der Waals surface area contributed by atoms with Gasteiger partial charge in [-0.15, -0.1) is 0 Å². The smallest absolute Gasteiger partial charge is 0.255 e. The average molecular weight is 386 g/mol. The number of carbonyl (C=O) groups is 1. The predicted molar refractivity (Wildman–Crippen MR) is 113 cm³/mol. The van der Waals surface area contributed by atoms with Gasteiger partial charge in [0, 0.05) is 28.3 Å². The molecule has 1 heterocycles. The Kier molecular flexibility index (Phi) is 5.20. The number of hydrogen-bond acceptors (Lipinski definition) is 3. The summed E-state index contributed by atoms with van der Waals surface area (Å²) in [7, 11) is 0. The molecule has 1 N–H and O–H groups in total. The van der Waals surface area contributed by atoms with Crippen LogP contribution in [0.25, 0.3) is 22.2 Å². The van der Waals surface area contributed by atoms with Crippen LogP contribution in [0.4, 0.5) is 10.1 Å². The van der Waals surface area contributed by atoms with Crippen LogP contribution in [0.1, 0.15) is 17.3 Å². The van der Waals surface area contributed by atoms with Crippen molar-refractivity contribution < 1.29 is 13.9 Å². The fourth-order valence-electron chi connectivity index (χ4n) is 3.10. The third-order valence-corrected chi connectivity index (χ3v) is 4.50. The summed E-state index contributed by atoms with van der Waals surface area (Å²) in [6.07, 6.45) is 0. The Morgan fingerprint density at radius 2 is 1.76 bits per heavy atom. The lowest BCUT2D eigenvalue weighted by molar-refractivity contribution is 0.102. The first-order valence-electron chi connectivity index (χ1n) is 9.34. The molecule has 0 atom stereocenters. The first-order valence-corrected chi connectivity index (χ1v) is 9.34. The zero-order valence-electron chi connectivity index (χ0n) is 15.9. The lowest BCUT2D eigenvalue weighted by Crippen LogP contribution is -2.12. The van der Waals surface area contributed by atoms with Crippen molar-refractivity contribution in [3.63, 3.8) is 0 Å². The van der Waals surface area contributed by atoms with Crippen molar-refractivity contribution in [3.05, 3.63) is 90.2 Å². The highest BCUT2D eigenvalue weighted by Gasteiger charge is 2.13. The van der Waals surface area contributed by atoms with E-state index in [-0.39, 0.29) is 11.7 Å². The van der Waals surface area contributed by atoms with Crippen LogP contribution in [0.3, 0.4) is 0 Å². The lowest BCUT2D eigenvalue weighted by Gasteiger charge is -2.12. The van der Waals surface area contributed by atoms with Crippen LogP contribution in [0, 0.1) is 5.82 Å². The number of carbonyl (C=O) groups excluding carboxylic acids is 1. The maximum atomic E-state index is 13.1. The van der Waals surface area contributed by atoms with E-state index in [2.05, 4.69) is 5.32 Å². The minimum Gasteiger partial charge on any atom is -0.493 e. The third kappa shape index (κ3) is 4.09. The zero-order valence-corrected chi connectivity index (χ0v) is 15.9. The number of nitrogens with one attached hydrogen (secondary N) is 1. The number of fused-ring (bicyclic) bond motifs is 1. The summed E-state index contributed by atoms with van der Waals surface area (Å²) in [5.74, 6) is 0.0382. The molecule has 0 unspecified atom stereocenters. The number of halogens is 1. The number of anilines is 1. The van der Waals surface area contributed by atoms with Crippen molar-refractivity contribution in [3.8, 4) is 17.0 Å². The minimum atomic E-state index is -0.352. The van der Waals surface area contributed by atoms with Crippen LogP contribution in [-0.4, -0.2) is 17.5 Å². The third-order valence-electron chi connectivity index (χ3n) is 4.50. The van der Waals surface area contributed by atoms with Gasteiger partial charge in [-0.05, 0) is 49.4 Å². The van der Waals surface area contributed by atoms with E-state index in [0.29, 0.717) is 23.6 Å². The van der Waals surface area contributed by atoms with Crippen LogP contribution in [0.2, 0.25) is 0 Å². The van der Waals surface area contributed by atoms with E-state index >= 15 is 0 Å². The van der Waals surface area contributed by atoms with E-state index in [1.165, 1.54) is 24.3 Å². The zero-order chi connectivity index (χ0) is 20.2. The summed E-state index contributed by atoms with van der Waals surface area (Å²) in [5.41, 5.74) is 3.54. The Bertz CT molecular complexity index is 1160. The van der Waals surface area contributed by atoms with Gasteiger partial charge < -0.3 is 10.1 Å². The summed E-state index contributed by atoms with van der Waals surface area (Å²) < 4.78 is 18.9. The highest BCUT2D eigenvalue weighted by molar-refractivity contribution is 6.06. The van der Waals surface area contributed by atoms with Crippen LogP contribution in [-0.2, 0) is 0 Å². The van der Waals surface area contributed by atoms with Gasteiger partial charge in [-0.25, -0.2) is 9.37 Å². The maximum Gasteiger partial charge on any atom is 0.255 e. The van der Waals surface area contributed by atoms with Gasteiger partial charge in [-0.2, -0.15) is 0 Å². The Labute approximate surface area is 168 Å². The van der Waals surface area contributed by atoms with E-state index in [1.807, 2.05) is 49.4 Å². The van der Waals surface area contributed by atoms with Gasteiger partial charge in [0.2, 0.25) is 0 Å². The van der Waals surface area contributed by atoms with E-state index in [4.69, 9.17) is 9.72 Å². The van der Waals surface area contributed by atoms with Crippen molar-refractivity contribution in [2.45, 2.75) is 6.92 Å². The van der Waals surface area contributed by atoms with E-state index in [1.54, 1.807) is 12.1 Å². The molecule has 1 amide bonds. The quantitative estimate of drug-likeness (QED) is 0.479. The summed E-state index contributed by atoms with van der Waals surface area (Å²) in [5, 5.41) is 3.53. The molecule has 0 spiro atoms. The predicted octanol–water partition coefficient (Wildman–Crippen LogP) is 5.69. The van der Waals surface area contributed by atoms with E-state index in [9.17, 15) is 9.18 Å². The van der Waals surface area contributed by atoms with Gasteiger partial charge in [0.05, 0.1) is 17.8 Å². The number of aromatic nitrogens is 1. The van der Waals surface area contributed by atoms with Gasteiger partial charge in [-0.1, -0.05) is 30.3 Å². The molecule has 0 bridgehead atoms. The molecule has 0 aliphatic carbocycles. The number of benzene rings is 3. The van der Waals surface area contributed by atoms with Crippen molar-refractivity contribution in [1.29, 1.82) is 0 Å². The number of rotatable bonds is 5. The van der Waals surface area contributed by atoms with E-state index < -0.39 is 0 Å². The Hall–Kier alpha value is -3.73. The van der Waals surface area contributed by atoms with Crippen molar-refractivity contribution in [2.75, 3.05) is 11.9 Å². The standard InChI is InChI=1S/C24H19FN2O2/c1-2-29-23-15-22(16-6-4-3-5-7-16)27-21-13-8-17(14-20(21)23)24(28)26-19-11-9-18(25)10-12-19/h3-15H,2H2,1H3,(H,26,28). The number of pyridine rings is 1. The van der Waals surface area contributed by atoms with Gasteiger partial charge in [-0.3, -0.25) is 4.79 Å². The molecule has 144 valence electrons. The topological polar surface area (TPSA) is 51.2 Å². The van der Waals surface area contributed by atoms with Gasteiger partial charge in [0.15, 0.2) is 0 Å². The first kappa shape index (κ1) is 18.6. The van der Waals surface area contributed by atoms with E-state index in [0.717, 1.165) is 22.2 Å². The van der Waals surface area contributed by atoms with Crippen LogP contribution < -0.4 is 10.1 Å². The molecule has 0 aliphatic rings. The van der Waals surface area contributed by atoms with Crippen molar-refractivity contribution >= 4 is 22.5 Å². The highest BCUT2D eigenvalue weighted by Crippen LogP contribution is 2.31. The molecule has 0 saturated heterocycles. The molecule has 0 radical (unpaired) electrons. The fraction of sp³-hybridized carbons (Fsp3) is 0.0833. The monoisotopic (exact) mass is 386 g/mol. The fourth-order valence-corrected chi connectivity index (χ4v) is 3.10. The molecule has 4 aromatic rings. The normalized spacial score (nSPS) is 10.7. The molecule has 1 aromatic heterocycles. The number of ether oxygens (including phenoxy) is 1. The largest absolute Gasteiger partial charge is 0.493 e. The molecule has 29 heavy (non-hydrogen) atoms. The summed E-state index contributed by atoms with van der Waals surface area (Å²) in [4.78, 5) is 17.4. The number of nitrogens with zero attached hydrogens (tertiary/aromatic N) is 1. The van der Waals surface area contributed by atoms with Gasteiger partial charge in [0.1, 0.15) is 11.6 Å². The van der Waals surface area contributed by atoms with Crippen molar-refractivity contribution in [1.82, 2.24) is 4.98 Å². The average Bonchev–Trinajstić information content (AvgIpc) is 2.76. The Balaban J connectivity index is 1.71. The SMILES string of the molecule is CCOc1cc(-c2ccccc2)nc2ccc(C(=O)Nc3ccc(F)cc3)cc12.